The molecule has 1 atom stereocenters. The summed E-state index contributed by atoms with van der Waals surface area (Å²) < 4.78 is 44.7. The van der Waals surface area contributed by atoms with Gasteiger partial charge in [0.1, 0.15) is 5.75 Å². The zero-order valence-electron chi connectivity index (χ0n) is 5.44. The molecule has 0 aromatic rings. The normalized spacial score (nSPS) is 15.3. The van der Waals surface area contributed by atoms with Crippen molar-refractivity contribution in [3.63, 3.8) is 0 Å². The maximum absolute atomic E-state index is 11.4. The smallest absolute Gasteiger partial charge is 0.433 e. The summed E-state index contributed by atoms with van der Waals surface area (Å²) in [5.41, 5.74) is 0. The highest BCUT2D eigenvalue weighted by Gasteiger charge is 2.33. The molecule has 1 radical (unpaired) electrons. The van der Waals surface area contributed by atoms with Gasteiger partial charge in [0.2, 0.25) is 5.75 Å². The van der Waals surface area contributed by atoms with Crippen molar-refractivity contribution >= 4 is 11.2 Å². The van der Waals surface area contributed by atoms with Gasteiger partial charge in [-0.15, -0.1) is 0 Å². The molecule has 0 saturated carbocycles. The molecule has 0 aliphatic carbocycles. The summed E-state index contributed by atoms with van der Waals surface area (Å²) in [4.78, 5) is 0. The Hall–Kier alpha value is 0.100. The minimum absolute atomic E-state index is 0.0134. The van der Waals surface area contributed by atoms with Crippen molar-refractivity contribution in [2.45, 2.75) is 13.1 Å². The summed E-state index contributed by atoms with van der Waals surface area (Å²) in [6.45, 7) is 1.58. The first-order valence-electron chi connectivity index (χ1n) is 2.65. The molecule has 0 fully saturated rings. The van der Waals surface area contributed by atoms with Crippen molar-refractivity contribution in [1.29, 1.82) is 0 Å². The van der Waals surface area contributed by atoms with Crippen LogP contribution in [0.5, 0.6) is 0 Å². The Morgan fingerprint density at radius 1 is 1.50 bits per heavy atom. The molecular weight excluding hydrogens is 165 g/mol. The van der Waals surface area contributed by atoms with Gasteiger partial charge in [0.05, 0.1) is 0 Å². The van der Waals surface area contributed by atoms with Gasteiger partial charge in [0.15, 0.2) is 0 Å². The van der Waals surface area contributed by atoms with Gasteiger partial charge in [-0.3, -0.25) is 0 Å². The second kappa shape index (κ2) is 4.08. The first-order chi connectivity index (χ1) is 4.45. The van der Waals surface area contributed by atoms with Crippen LogP contribution in [0.15, 0.2) is 0 Å². The Kier molecular flexibility index (Phi) is 4.12. The lowest BCUT2D eigenvalue weighted by atomic mass is 10.6. The first-order valence-corrected chi connectivity index (χ1v) is 4.14. The van der Waals surface area contributed by atoms with E-state index in [2.05, 4.69) is 0 Å². The van der Waals surface area contributed by atoms with Crippen LogP contribution in [-0.2, 0) is 11.2 Å². The van der Waals surface area contributed by atoms with Crippen LogP contribution in [0.2, 0.25) is 0 Å². The van der Waals surface area contributed by atoms with Gasteiger partial charge in [-0.2, -0.15) is 13.2 Å². The van der Waals surface area contributed by atoms with Crippen molar-refractivity contribution in [3.05, 3.63) is 6.42 Å². The fourth-order valence-electron chi connectivity index (χ4n) is 0.427. The highest BCUT2D eigenvalue weighted by molar-refractivity contribution is 7.91. The van der Waals surface area contributed by atoms with E-state index in [1.807, 2.05) is 0 Å². The molecule has 0 saturated heterocycles. The predicted molar refractivity (Wildman–Crippen MR) is 33.9 cm³/mol. The van der Waals surface area contributed by atoms with E-state index in [4.69, 9.17) is 0 Å². The molecule has 0 rings (SSSR count). The molecule has 0 heterocycles. The molecule has 0 spiro atoms. The molecule has 0 aromatic heterocycles. The van der Waals surface area contributed by atoms with Crippen LogP contribution in [0.1, 0.15) is 6.92 Å². The van der Waals surface area contributed by atoms with E-state index in [1.54, 1.807) is 6.92 Å². The molecule has 5 heteroatoms. The Labute approximate surface area is 60.8 Å². The third kappa shape index (κ3) is 6.22. The van der Waals surface area contributed by atoms with E-state index < -0.39 is 23.1 Å². The molecule has 1 unspecified atom stereocenters. The first kappa shape index (κ1) is 10.1. The fourth-order valence-corrected chi connectivity index (χ4v) is 1.28. The van der Waals surface area contributed by atoms with Gasteiger partial charge < -0.3 is 4.55 Å². The Morgan fingerprint density at radius 3 is 2.30 bits per heavy atom. The largest absolute Gasteiger partial charge is 0.616 e. The van der Waals surface area contributed by atoms with Crippen LogP contribution < -0.4 is 0 Å². The van der Waals surface area contributed by atoms with Crippen molar-refractivity contribution in [2.24, 2.45) is 0 Å². The zero-order valence-corrected chi connectivity index (χ0v) is 6.26. The number of hydrogen-bond acceptors (Lipinski definition) is 1. The summed E-state index contributed by atoms with van der Waals surface area (Å²) >= 11 is -1.77. The van der Waals surface area contributed by atoms with Gasteiger partial charge in [0, 0.05) is 6.42 Å². The molecule has 0 aromatic carbocycles. The van der Waals surface area contributed by atoms with Crippen LogP contribution in [0, 0.1) is 6.42 Å². The second-order valence-corrected chi connectivity index (χ2v) is 3.28. The van der Waals surface area contributed by atoms with E-state index >= 15 is 0 Å². The van der Waals surface area contributed by atoms with Crippen molar-refractivity contribution < 1.29 is 17.7 Å². The van der Waals surface area contributed by atoms with E-state index in [-0.39, 0.29) is 5.75 Å². The zero-order chi connectivity index (χ0) is 8.20. The average molecular weight is 173 g/mol. The molecule has 0 aliphatic rings. The molecule has 0 N–H and O–H groups in total. The van der Waals surface area contributed by atoms with Crippen molar-refractivity contribution in [3.8, 4) is 0 Å². The average Bonchev–Trinajstić information content (AvgIpc) is 1.59. The monoisotopic (exact) mass is 173 g/mol. The molecule has 0 amide bonds. The third-order valence-corrected chi connectivity index (χ3v) is 2.03. The van der Waals surface area contributed by atoms with Crippen molar-refractivity contribution in [1.82, 2.24) is 0 Å². The third-order valence-electron chi connectivity index (χ3n) is 0.677. The van der Waals surface area contributed by atoms with Gasteiger partial charge in [-0.1, -0.05) is 6.92 Å². The molecule has 10 heavy (non-hydrogen) atoms. The number of halogens is 3. The van der Waals surface area contributed by atoms with Gasteiger partial charge in [-0.05, 0) is 11.2 Å². The van der Waals surface area contributed by atoms with Crippen LogP contribution in [0.3, 0.4) is 0 Å². The maximum Gasteiger partial charge on any atom is 0.433 e. The Bertz CT molecular complexity index is 93.4. The Balaban J connectivity index is 3.47. The SMILES string of the molecule is C[CH]C[S+]([O-])CC(F)(F)F. The van der Waals surface area contributed by atoms with Crippen molar-refractivity contribution in [2.75, 3.05) is 11.5 Å². The molecule has 0 bridgehead atoms. The summed E-state index contributed by atoms with van der Waals surface area (Å²) in [7, 11) is 0. The molecule has 0 aliphatic heterocycles. The lowest BCUT2D eigenvalue weighted by Crippen LogP contribution is -2.24. The summed E-state index contributed by atoms with van der Waals surface area (Å²) in [5.74, 6) is -1.18. The van der Waals surface area contributed by atoms with E-state index in [9.17, 15) is 17.7 Å². The molecular formula is C5H8F3OS. The molecule has 61 valence electrons. The second-order valence-electron chi connectivity index (χ2n) is 1.77. The van der Waals surface area contributed by atoms with E-state index in [0.717, 1.165) is 0 Å². The number of hydrogen-bond donors (Lipinski definition) is 0. The minimum atomic E-state index is -4.30. The minimum Gasteiger partial charge on any atom is -0.616 e. The highest BCUT2D eigenvalue weighted by atomic mass is 32.2. The van der Waals surface area contributed by atoms with Gasteiger partial charge in [0.25, 0.3) is 0 Å². The van der Waals surface area contributed by atoms with Crippen LogP contribution >= 0.6 is 0 Å². The van der Waals surface area contributed by atoms with Crippen LogP contribution in [0.25, 0.3) is 0 Å². The summed E-state index contributed by atoms with van der Waals surface area (Å²) in [5, 5.41) is 0. The highest BCUT2D eigenvalue weighted by Crippen LogP contribution is 2.17. The summed E-state index contributed by atoms with van der Waals surface area (Å²) in [6, 6.07) is 0. The Morgan fingerprint density at radius 2 is 2.00 bits per heavy atom. The number of alkyl halides is 3. The van der Waals surface area contributed by atoms with Gasteiger partial charge >= 0.3 is 6.18 Å². The van der Waals surface area contributed by atoms with E-state index in [0.29, 0.717) is 0 Å². The maximum atomic E-state index is 11.4. The lowest BCUT2D eigenvalue weighted by molar-refractivity contribution is -0.106. The topological polar surface area (TPSA) is 23.1 Å². The predicted octanol–water partition coefficient (Wildman–Crippen LogP) is 1.52. The number of rotatable bonds is 3. The standard InChI is InChI=1S/C5H8F3OS/c1-2-3-10(9)4-5(6,7)8/h2H,3-4H2,1H3. The quantitative estimate of drug-likeness (QED) is 0.593. The van der Waals surface area contributed by atoms with Crippen LogP contribution in [-0.4, -0.2) is 22.2 Å². The fraction of sp³-hybridized carbons (Fsp3) is 0.800. The molecule has 1 nitrogen and oxygen atoms in total. The van der Waals surface area contributed by atoms with Gasteiger partial charge in [-0.25, -0.2) is 0 Å². The lowest BCUT2D eigenvalue weighted by Gasteiger charge is -2.11. The van der Waals surface area contributed by atoms with Crippen LogP contribution in [0.4, 0.5) is 13.2 Å². The van der Waals surface area contributed by atoms with E-state index in [1.165, 1.54) is 6.42 Å². The summed E-state index contributed by atoms with van der Waals surface area (Å²) in [6.07, 6.45) is -2.84.